The molecule has 9 nitrogen and oxygen atoms in total. The van der Waals surface area contributed by atoms with Gasteiger partial charge in [-0.1, -0.05) is 12.1 Å². The molecule has 1 N–H and O–H groups in total. The van der Waals surface area contributed by atoms with Crippen LogP contribution >= 0.6 is 0 Å². The highest BCUT2D eigenvalue weighted by molar-refractivity contribution is 5.96. The first kappa shape index (κ1) is 20.4. The number of hydrogen-bond donors (Lipinski definition) is 1. The van der Waals surface area contributed by atoms with Gasteiger partial charge in [0.1, 0.15) is 11.5 Å². The Labute approximate surface area is 160 Å². The molecule has 0 bridgehead atoms. The fourth-order valence-corrected chi connectivity index (χ4v) is 2.19. The van der Waals surface area contributed by atoms with E-state index in [0.717, 1.165) is 11.6 Å². The van der Waals surface area contributed by atoms with Gasteiger partial charge in [-0.25, -0.2) is 4.79 Å². The molecule has 0 unspecified atom stereocenters. The average Bonchev–Trinajstić information content (AvgIpc) is 2.70. The number of anilines is 1. The van der Waals surface area contributed by atoms with Crippen molar-refractivity contribution >= 4 is 29.3 Å². The molecule has 0 atom stereocenters. The number of hydrogen-bond acceptors (Lipinski definition) is 7. The van der Waals surface area contributed by atoms with Crippen LogP contribution in [0.3, 0.4) is 0 Å². The van der Waals surface area contributed by atoms with Gasteiger partial charge in [0.25, 0.3) is 11.6 Å². The number of carbonyl (C=O) groups excluding carboxylic acids is 2. The summed E-state index contributed by atoms with van der Waals surface area (Å²) in [5.41, 5.74) is 0.612. The molecule has 0 saturated heterocycles. The number of carbonyl (C=O) groups is 2. The Bertz CT molecular complexity index is 909. The van der Waals surface area contributed by atoms with Gasteiger partial charge in [-0.05, 0) is 29.8 Å². The molecule has 0 heterocycles. The largest absolute Gasteiger partial charge is 0.497 e. The molecule has 0 spiro atoms. The SMILES string of the molecule is COc1cccc(/C=C/C(=O)OCC(=O)Nc2cc([N+](=O)[O-])ccc2OC)c1. The lowest BCUT2D eigenvalue weighted by molar-refractivity contribution is -0.384. The van der Waals surface area contributed by atoms with Crippen molar-refractivity contribution in [1.29, 1.82) is 0 Å². The Morgan fingerprint density at radius 1 is 1.14 bits per heavy atom. The lowest BCUT2D eigenvalue weighted by atomic mass is 10.2. The number of benzene rings is 2. The zero-order valence-corrected chi connectivity index (χ0v) is 15.2. The van der Waals surface area contributed by atoms with Crippen LogP contribution in [-0.2, 0) is 14.3 Å². The number of non-ortho nitro benzene ring substituents is 1. The van der Waals surface area contributed by atoms with Crippen molar-refractivity contribution in [2.75, 3.05) is 26.1 Å². The van der Waals surface area contributed by atoms with Crippen molar-refractivity contribution in [3.05, 3.63) is 64.2 Å². The van der Waals surface area contributed by atoms with E-state index in [4.69, 9.17) is 14.2 Å². The smallest absolute Gasteiger partial charge is 0.331 e. The van der Waals surface area contributed by atoms with E-state index in [1.165, 1.54) is 38.5 Å². The molecule has 2 rings (SSSR count). The van der Waals surface area contributed by atoms with E-state index >= 15 is 0 Å². The van der Waals surface area contributed by atoms with E-state index in [2.05, 4.69) is 5.32 Å². The third-order valence-corrected chi connectivity index (χ3v) is 3.52. The molecule has 2 aromatic carbocycles. The maximum absolute atomic E-state index is 12.0. The van der Waals surface area contributed by atoms with Crippen molar-refractivity contribution in [2.45, 2.75) is 0 Å². The zero-order chi connectivity index (χ0) is 20.5. The fraction of sp³-hybridized carbons (Fsp3) is 0.158. The molecule has 0 aliphatic rings. The highest BCUT2D eigenvalue weighted by Gasteiger charge is 2.14. The summed E-state index contributed by atoms with van der Waals surface area (Å²) in [7, 11) is 2.90. The molecule has 1 amide bonds. The second-order valence-corrected chi connectivity index (χ2v) is 5.41. The third-order valence-electron chi connectivity index (χ3n) is 3.52. The van der Waals surface area contributed by atoms with Gasteiger partial charge in [-0.2, -0.15) is 0 Å². The lowest BCUT2D eigenvalue weighted by Gasteiger charge is -2.09. The van der Waals surface area contributed by atoms with E-state index < -0.39 is 23.4 Å². The minimum Gasteiger partial charge on any atom is -0.497 e. The van der Waals surface area contributed by atoms with E-state index in [1.54, 1.807) is 24.3 Å². The van der Waals surface area contributed by atoms with Crippen molar-refractivity contribution in [3.8, 4) is 11.5 Å². The summed E-state index contributed by atoms with van der Waals surface area (Å²) in [6, 6.07) is 10.8. The second-order valence-electron chi connectivity index (χ2n) is 5.41. The Morgan fingerprint density at radius 3 is 2.61 bits per heavy atom. The van der Waals surface area contributed by atoms with Crippen LogP contribution in [0, 0.1) is 10.1 Å². The van der Waals surface area contributed by atoms with E-state index in [0.29, 0.717) is 5.75 Å². The van der Waals surface area contributed by atoms with Crippen LogP contribution in [-0.4, -0.2) is 37.6 Å². The number of amides is 1. The minimum atomic E-state index is -0.719. The normalized spacial score (nSPS) is 10.4. The molecule has 0 radical (unpaired) electrons. The average molecular weight is 386 g/mol. The number of nitro benzene ring substituents is 1. The maximum Gasteiger partial charge on any atom is 0.331 e. The van der Waals surface area contributed by atoms with Crippen LogP contribution in [0.4, 0.5) is 11.4 Å². The monoisotopic (exact) mass is 386 g/mol. The third kappa shape index (κ3) is 5.84. The summed E-state index contributed by atoms with van der Waals surface area (Å²) >= 11 is 0. The zero-order valence-electron chi connectivity index (χ0n) is 15.2. The predicted molar refractivity (Wildman–Crippen MR) is 101 cm³/mol. The Balaban J connectivity index is 1.93. The summed E-state index contributed by atoms with van der Waals surface area (Å²) < 4.78 is 15.0. The predicted octanol–water partition coefficient (Wildman–Crippen LogP) is 2.81. The van der Waals surface area contributed by atoms with E-state index in [9.17, 15) is 19.7 Å². The standard InChI is InChI=1S/C19H18N2O7/c1-26-15-5-3-4-13(10-15)6-9-19(23)28-12-18(22)20-16-11-14(21(24)25)7-8-17(16)27-2/h3-11H,12H2,1-2H3,(H,20,22)/b9-6+. The van der Waals surface area contributed by atoms with Crippen LogP contribution in [0.25, 0.3) is 6.08 Å². The lowest BCUT2D eigenvalue weighted by Crippen LogP contribution is -2.20. The van der Waals surface area contributed by atoms with Gasteiger partial charge in [-0.15, -0.1) is 0 Å². The molecular weight excluding hydrogens is 368 g/mol. The number of ether oxygens (including phenoxy) is 3. The highest BCUT2D eigenvalue weighted by atomic mass is 16.6. The van der Waals surface area contributed by atoms with Gasteiger partial charge >= 0.3 is 5.97 Å². The number of nitro groups is 1. The number of nitrogens with zero attached hydrogens (tertiary/aromatic N) is 1. The molecule has 0 aromatic heterocycles. The van der Waals surface area contributed by atoms with Gasteiger partial charge in [0, 0.05) is 18.2 Å². The molecule has 0 saturated carbocycles. The molecule has 0 aliphatic carbocycles. The van der Waals surface area contributed by atoms with Gasteiger partial charge in [-0.3, -0.25) is 14.9 Å². The Morgan fingerprint density at radius 2 is 1.93 bits per heavy atom. The number of nitrogens with one attached hydrogen (secondary N) is 1. The summed E-state index contributed by atoms with van der Waals surface area (Å²) in [6.45, 7) is -0.562. The highest BCUT2D eigenvalue weighted by Crippen LogP contribution is 2.28. The first-order valence-electron chi connectivity index (χ1n) is 8.04. The van der Waals surface area contributed by atoms with Crippen molar-refractivity contribution in [2.24, 2.45) is 0 Å². The van der Waals surface area contributed by atoms with Crippen LogP contribution in [0.5, 0.6) is 11.5 Å². The second kappa shape index (κ2) is 9.72. The quantitative estimate of drug-likeness (QED) is 0.321. The summed E-state index contributed by atoms with van der Waals surface area (Å²) in [6.07, 6.45) is 2.70. The summed E-state index contributed by atoms with van der Waals surface area (Å²) in [5.74, 6) is -0.505. The molecular formula is C19H18N2O7. The molecule has 28 heavy (non-hydrogen) atoms. The first-order chi connectivity index (χ1) is 13.4. The molecule has 9 heteroatoms. The van der Waals surface area contributed by atoms with Gasteiger partial charge < -0.3 is 19.5 Å². The molecule has 2 aromatic rings. The van der Waals surface area contributed by atoms with Crippen LogP contribution in [0.2, 0.25) is 0 Å². The summed E-state index contributed by atoms with van der Waals surface area (Å²) in [4.78, 5) is 34.0. The van der Waals surface area contributed by atoms with Crippen molar-refractivity contribution in [3.63, 3.8) is 0 Å². The molecule has 146 valence electrons. The van der Waals surface area contributed by atoms with Gasteiger partial charge in [0.05, 0.1) is 24.8 Å². The van der Waals surface area contributed by atoms with Crippen molar-refractivity contribution in [1.82, 2.24) is 0 Å². The number of rotatable bonds is 8. The van der Waals surface area contributed by atoms with Gasteiger partial charge in [0.2, 0.25) is 0 Å². The van der Waals surface area contributed by atoms with Gasteiger partial charge in [0.15, 0.2) is 6.61 Å². The maximum atomic E-state index is 12.0. The summed E-state index contributed by atoms with van der Waals surface area (Å²) in [5, 5.41) is 13.3. The minimum absolute atomic E-state index is 0.102. The molecule has 0 fully saturated rings. The first-order valence-corrected chi connectivity index (χ1v) is 8.04. The van der Waals surface area contributed by atoms with Crippen molar-refractivity contribution < 1.29 is 28.7 Å². The topological polar surface area (TPSA) is 117 Å². The van der Waals surface area contributed by atoms with Crippen LogP contribution in [0.15, 0.2) is 48.5 Å². The Hall–Kier alpha value is -3.88. The van der Waals surface area contributed by atoms with E-state index in [1.807, 2.05) is 0 Å². The fourth-order valence-electron chi connectivity index (χ4n) is 2.19. The number of methoxy groups -OCH3 is 2. The molecule has 0 aliphatic heterocycles. The number of esters is 1. The van der Waals surface area contributed by atoms with Crippen LogP contribution in [0.1, 0.15) is 5.56 Å². The van der Waals surface area contributed by atoms with E-state index in [-0.39, 0.29) is 17.1 Å². The Kier molecular flexibility index (Phi) is 7.09. The van der Waals surface area contributed by atoms with Crippen LogP contribution < -0.4 is 14.8 Å².